The molecular formula is C14H10ClN3O4. The van der Waals surface area contributed by atoms with Crippen LogP contribution in [0.3, 0.4) is 0 Å². The number of hydrogen-bond acceptors (Lipinski definition) is 4. The summed E-state index contributed by atoms with van der Waals surface area (Å²) >= 11 is 5.97. The Labute approximate surface area is 128 Å². The molecule has 1 aromatic carbocycles. The Morgan fingerprint density at radius 3 is 2.86 bits per heavy atom. The van der Waals surface area contributed by atoms with Crippen molar-refractivity contribution in [2.45, 2.75) is 0 Å². The molecule has 0 amide bonds. The molecule has 2 aromatic heterocycles. The Morgan fingerprint density at radius 1 is 1.41 bits per heavy atom. The lowest BCUT2D eigenvalue weighted by Gasteiger charge is -2.06. The molecule has 3 aromatic rings. The summed E-state index contributed by atoms with van der Waals surface area (Å²) in [6.07, 6.45) is 1.22. The van der Waals surface area contributed by atoms with Gasteiger partial charge in [-0.3, -0.25) is 9.89 Å². The largest absolute Gasteiger partial charge is 0.495 e. The molecule has 0 spiro atoms. The van der Waals surface area contributed by atoms with Crippen molar-refractivity contribution in [3.8, 4) is 17.0 Å². The summed E-state index contributed by atoms with van der Waals surface area (Å²) in [4.78, 5) is 27.5. The Kier molecular flexibility index (Phi) is 3.34. The van der Waals surface area contributed by atoms with E-state index in [0.29, 0.717) is 22.0 Å². The lowest BCUT2D eigenvalue weighted by atomic mass is 10.1. The number of halogens is 1. The molecule has 0 fully saturated rings. The molecule has 0 radical (unpaired) electrons. The van der Waals surface area contributed by atoms with Crippen LogP contribution in [-0.4, -0.2) is 32.8 Å². The van der Waals surface area contributed by atoms with Crippen LogP contribution in [0.25, 0.3) is 16.9 Å². The van der Waals surface area contributed by atoms with E-state index in [1.54, 1.807) is 18.2 Å². The van der Waals surface area contributed by atoms with Gasteiger partial charge in [0.05, 0.1) is 17.8 Å². The summed E-state index contributed by atoms with van der Waals surface area (Å²) in [5.74, 6) is -0.731. The number of ether oxygens (including phenoxy) is 1. The second-order valence-electron chi connectivity index (χ2n) is 4.48. The lowest BCUT2D eigenvalue weighted by molar-refractivity contribution is 0.0699. The van der Waals surface area contributed by atoms with Crippen LogP contribution in [0.4, 0.5) is 0 Å². The number of nitrogens with one attached hydrogen (secondary N) is 1. The number of methoxy groups -OCH3 is 1. The number of hydrogen-bond donors (Lipinski definition) is 2. The topological polar surface area (TPSA) is 96.7 Å². The monoisotopic (exact) mass is 319 g/mol. The number of carboxylic acids is 1. The molecule has 3 rings (SSSR count). The van der Waals surface area contributed by atoms with Crippen molar-refractivity contribution in [2.75, 3.05) is 7.11 Å². The summed E-state index contributed by atoms with van der Waals surface area (Å²) in [5.41, 5.74) is 0.477. The van der Waals surface area contributed by atoms with Crippen molar-refractivity contribution >= 4 is 23.2 Å². The van der Waals surface area contributed by atoms with Gasteiger partial charge in [0.2, 0.25) is 0 Å². The van der Waals surface area contributed by atoms with Crippen molar-refractivity contribution in [3.05, 3.63) is 51.4 Å². The number of aromatic nitrogens is 3. The third kappa shape index (κ3) is 2.21. The van der Waals surface area contributed by atoms with Crippen molar-refractivity contribution < 1.29 is 14.6 Å². The number of aromatic carboxylic acids is 1. The summed E-state index contributed by atoms with van der Waals surface area (Å²) in [6, 6.07) is 6.23. The van der Waals surface area contributed by atoms with Gasteiger partial charge in [-0.25, -0.2) is 14.3 Å². The van der Waals surface area contributed by atoms with E-state index in [-0.39, 0.29) is 11.2 Å². The molecule has 7 nitrogen and oxygen atoms in total. The third-order valence-corrected chi connectivity index (χ3v) is 3.49. The van der Waals surface area contributed by atoms with Gasteiger partial charge < -0.3 is 9.84 Å². The molecule has 0 aliphatic carbocycles. The van der Waals surface area contributed by atoms with E-state index in [1.807, 2.05) is 0 Å². The first kappa shape index (κ1) is 14.2. The van der Waals surface area contributed by atoms with Gasteiger partial charge in [-0.05, 0) is 12.1 Å². The van der Waals surface area contributed by atoms with Gasteiger partial charge in [0.1, 0.15) is 11.3 Å². The van der Waals surface area contributed by atoms with Crippen molar-refractivity contribution in [2.24, 2.45) is 0 Å². The van der Waals surface area contributed by atoms with Crippen LogP contribution in [0.2, 0.25) is 5.02 Å². The van der Waals surface area contributed by atoms with Crippen LogP contribution in [0.1, 0.15) is 10.4 Å². The molecule has 8 heteroatoms. The Hall–Kier alpha value is -2.80. The second-order valence-corrected chi connectivity index (χ2v) is 4.89. The molecule has 2 heterocycles. The zero-order valence-corrected chi connectivity index (χ0v) is 12.1. The normalized spacial score (nSPS) is 10.8. The molecular weight excluding hydrogens is 310 g/mol. The van der Waals surface area contributed by atoms with E-state index in [4.69, 9.17) is 21.4 Å². The van der Waals surface area contributed by atoms with E-state index >= 15 is 0 Å². The summed E-state index contributed by atoms with van der Waals surface area (Å²) in [6.45, 7) is 0. The Balaban J connectivity index is 2.25. The maximum Gasteiger partial charge on any atom is 0.341 e. The van der Waals surface area contributed by atoms with Gasteiger partial charge in [0.15, 0.2) is 5.65 Å². The Bertz CT molecular complexity index is 945. The third-order valence-electron chi connectivity index (χ3n) is 3.17. The lowest BCUT2D eigenvalue weighted by Crippen LogP contribution is -2.15. The highest BCUT2D eigenvalue weighted by molar-refractivity contribution is 6.32. The van der Waals surface area contributed by atoms with E-state index in [0.717, 1.165) is 4.52 Å². The fourth-order valence-electron chi connectivity index (χ4n) is 2.11. The molecule has 0 atom stereocenters. The number of H-pyrrole nitrogens is 1. The number of benzene rings is 1. The average Bonchev–Trinajstić information content (AvgIpc) is 2.92. The maximum absolute atomic E-state index is 12.1. The molecule has 0 bridgehead atoms. The second kappa shape index (κ2) is 5.19. The molecule has 2 N–H and O–H groups in total. The zero-order valence-electron chi connectivity index (χ0n) is 11.3. The highest BCUT2D eigenvalue weighted by atomic mass is 35.5. The van der Waals surface area contributed by atoms with E-state index in [9.17, 15) is 9.59 Å². The predicted molar refractivity (Wildman–Crippen MR) is 79.8 cm³/mol. The molecule has 0 aliphatic rings. The summed E-state index contributed by atoms with van der Waals surface area (Å²) in [5, 5.41) is 12.1. The number of carbonyl (C=O) groups is 1. The van der Waals surface area contributed by atoms with Crippen LogP contribution in [0, 0.1) is 0 Å². The standard InChI is InChI=1S/C14H10ClN3O4/c1-22-11-4-7(2-3-9(11)15)10-5-12(19)18-13(17-10)8(6-16-18)14(20)21/h2-6,16H,1H3,(H,20,21). The van der Waals surface area contributed by atoms with E-state index < -0.39 is 11.5 Å². The van der Waals surface area contributed by atoms with Crippen LogP contribution in [0.5, 0.6) is 5.75 Å². The van der Waals surface area contributed by atoms with E-state index in [1.165, 1.54) is 19.4 Å². The molecule has 112 valence electrons. The highest BCUT2D eigenvalue weighted by Gasteiger charge is 2.15. The molecule has 22 heavy (non-hydrogen) atoms. The van der Waals surface area contributed by atoms with Crippen molar-refractivity contribution in [1.82, 2.24) is 14.6 Å². The van der Waals surface area contributed by atoms with Crippen molar-refractivity contribution in [1.29, 1.82) is 0 Å². The number of nitrogens with zero attached hydrogens (tertiary/aromatic N) is 2. The van der Waals surface area contributed by atoms with Crippen LogP contribution in [-0.2, 0) is 0 Å². The van der Waals surface area contributed by atoms with Crippen molar-refractivity contribution in [3.63, 3.8) is 0 Å². The zero-order chi connectivity index (χ0) is 15.9. The quantitative estimate of drug-likeness (QED) is 0.770. The fourth-order valence-corrected chi connectivity index (χ4v) is 2.30. The maximum atomic E-state index is 12.1. The van der Waals surface area contributed by atoms with Gasteiger partial charge >= 0.3 is 5.97 Å². The van der Waals surface area contributed by atoms with Gasteiger partial charge in [-0.1, -0.05) is 17.7 Å². The SMILES string of the molecule is COc1cc(-c2cc(=O)n3[nH]cc(C(=O)O)c3n2)ccc1Cl. The predicted octanol–water partition coefficient (Wildman–Crippen LogP) is 2.05. The van der Waals surface area contributed by atoms with Gasteiger partial charge in [0, 0.05) is 17.8 Å². The minimum atomic E-state index is -1.17. The van der Waals surface area contributed by atoms with Gasteiger partial charge in [-0.15, -0.1) is 0 Å². The number of aromatic amines is 1. The summed E-state index contributed by atoms with van der Waals surface area (Å²) in [7, 11) is 1.48. The highest BCUT2D eigenvalue weighted by Crippen LogP contribution is 2.29. The minimum absolute atomic E-state index is 0.0453. The molecule has 0 saturated heterocycles. The number of rotatable bonds is 3. The first-order chi connectivity index (χ1) is 10.5. The molecule has 0 saturated carbocycles. The molecule has 0 unspecified atom stereocenters. The van der Waals surface area contributed by atoms with E-state index in [2.05, 4.69) is 10.1 Å². The number of carboxylic acid groups (broad SMARTS) is 1. The Morgan fingerprint density at radius 2 is 2.18 bits per heavy atom. The molecule has 0 aliphatic heterocycles. The average molecular weight is 320 g/mol. The van der Waals surface area contributed by atoms with Crippen LogP contribution < -0.4 is 10.3 Å². The smallest absolute Gasteiger partial charge is 0.341 e. The minimum Gasteiger partial charge on any atom is -0.495 e. The first-order valence-corrected chi connectivity index (χ1v) is 6.57. The number of fused-ring (bicyclic) bond motifs is 1. The van der Waals surface area contributed by atoms with Gasteiger partial charge in [-0.2, -0.15) is 0 Å². The fraction of sp³-hybridized carbons (Fsp3) is 0.0714. The summed E-state index contributed by atoms with van der Waals surface area (Å²) < 4.78 is 6.20. The van der Waals surface area contributed by atoms with Crippen LogP contribution in [0.15, 0.2) is 35.3 Å². The van der Waals surface area contributed by atoms with Crippen LogP contribution >= 0.6 is 11.6 Å². The first-order valence-electron chi connectivity index (χ1n) is 6.19. The van der Waals surface area contributed by atoms with Gasteiger partial charge in [0.25, 0.3) is 5.56 Å².